The molecule has 0 aliphatic carbocycles. The Hall–Kier alpha value is -8.00. The Morgan fingerprint density at radius 1 is 0.260 bits per heavy atom. The van der Waals surface area contributed by atoms with Gasteiger partial charge in [-0.2, -0.15) is 33.7 Å². The molecular formula is C48H36N6NaO18S4. The van der Waals surface area contributed by atoms with Gasteiger partial charge in [-0.3, -0.25) is 47.0 Å². The SMILES string of the molecule is O=C(Nc1cc(C(=O)Nc2cccc(S(=O)(=O)O)c2)cc(C(=O)Nc2cccc(S(=O)(=O)O)c2)c1)c1cccc(C(=O)Nc2cc(C(=O)Nc3cccc(S(=O)(=O)O)c3)cc(C(=O)Nc3cccc(S(=O)(=O)O)c3)c2)c1.[Na]. The van der Waals surface area contributed by atoms with E-state index in [-0.39, 0.29) is 97.1 Å². The number of amides is 6. The summed E-state index contributed by atoms with van der Waals surface area (Å²) in [6, 6.07) is 29.6. The molecule has 0 unspecified atom stereocenters. The molecule has 0 aliphatic heterocycles. The molecule has 24 nitrogen and oxygen atoms in total. The maximum atomic E-state index is 13.9. The molecule has 0 atom stereocenters. The van der Waals surface area contributed by atoms with Gasteiger partial charge in [0.05, 0.1) is 19.6 Å². The van der Waals surface area contributed by atoms with Crippen molar-refractivity contribution >= 4 is 140 Å². The van der Waals surface area contributed by atoms with Crippen LogP contribution in [0.4, 0.5) is 34.1 Å². The standard InChI is InChI=1S/C48H36N6O18S4.Na/c55-43(53-37-19-29(45(57)49-33-8-2-12-39(23-33)73(61,62)63)17-30(20-37)46(58)50-34-9-3-13-40(24-34)74(64,65)66)27-6-1-7-28(16-27)44(56)54-38-21-31(47(59)51-35-10-4-14-41(25-35)75(67,68)69)18-32(22-38)48(60)52-36-11-5-15-42(26-36)76(70,71)72;/h1-26H,(H,49,57)(H,50,58)(H,51,59)(H,52,60)(H,53,55)(H,54,56)(H,61,62,63)(H,64,65,66)(H,67,68,69)(H,70,71,72);. The average Bonchev–Trinajstić information content (AvgIpc) is 3.35. The van der Waals surface area contributed by atoms with Gasteiger partial charge in [-0.1, -0.05) is 30.3 Å². The zero-order chi connectivity index (χ0) is 55.3. The summed E-state index contributed by atoms with van der Waals surface area (Å²) in [7, 11) is -18.8. The maximum absolute atomic E-state index is 13.9. The first-order valence-corrected chi connectivity index (χ1v) is 26.9. The van der Waals surface area contributed by atoms with Gasteiger partial charge in [0.1, 0.15) is 0 Å². The fourth-order valence-electron chi connectivity index (χ4n) is 6.88. The van der Waals surface area contributed by atoms with Gasteiger partial charge in [0.2, 0.25) is 0 Å². The van der Waals surface area contributed by atoms with Crippen molar-refractivity contribution in [1.29, 1.82) is 0 Å². The molecule has 6 amide bonds. The Morgan fingerprint density at radius 3 is 0.688 bits per heavy atom. The first kappa shape index (κ1) is 58.3. The molecule has 7 aromatic rings. The topological polar surface area (TPSA) is 392 Å². The van der Waals surface area contributed by atoms with Crippen LogP contribution in [0.5, 0.6) is 0 Å². The fourth-order valence-corrected chi connectivity index (χ4v) is 8.99. The minimum absolute atomic E-state index is 0. The second kappa shape index (κ2) is 23.5. The fraction of sp³-hybridized carbons (Fsp3) is 0. The van der Waals surface area contributed by atoms with Crippen molar-refractivity contribution < 1.29 is 80.6 Å². The number of nitrogens with one attached hydrogen (secondary N) is 6. The van der Waals surface area contributed by atoms with Crippen LogP contribution in [0.1, 0.15) is 62.1 Å². The largest absolute Gasteiger partial charge is 0.322 e. The molecule has 7 rings (SSSR count). The van der Waals surface area contributed by atoms with Crippen LogP contribution < -0.4 is 31.9 Å². The molecule has 0 bridgehead atoms. The van der Waals surface area contributed by atoms with Crippen molar-refractivity contribution in [2.24, 2.45) is 0 Å². The van der Waals surface area contributed by atoms with Crippen molar-refractivity contribution in [3.8, 4) is 0 Å². The molecule has 29 heteroatoms. The van der Waals surface area contributed by atoms with Crippen molar-refractivity contribution in [3.63, 3.8) is 0 Å². The third-order valence-corrected chi connectivity index (χ3v) is 13.8. The van der Waals surface area contributed by atoms with E-state index < -0.39 is 95.5 Å². The zero-order valence-electron chi connectivity index (χ0n) is 39.1. The Morgan fingerprint density at radius 2 is 0.455 bits per heavy atom. The predicted molar refractivity (Wildman–Crippen MR) is 278 cm³/mol. The molecule has 0 aromatic heterocycles. The first-order chi connectivity index (χ1) is 35.6. The number of carbonyl (C=O) groups excluding carboxylic acids is 6. The molecule has 7 aromatic carbocycles. The summed E-state index contributed by atoms with van der Waals surface area (Å²) in [4.78, 5) is 79.9. The van der Waals surface area contributed by atoms with E-state index in [4.69, 9.17) is 0 Å². The summed E-state index contributed by atoms with van der Waals surface area (Å²) >= 11 is 0. The minimum Gasteiger partial charge on any atom is -0.322 e. The van der Waals surface area contributed by atoms with Crippen LogP contribution in [0, 0.1) is 0 Å². The molecule has 1 radical (unpaired) electrons. The van der Waals surface area contributed by atoms with Crippen LogP contribution in [-0.2, 0) is 40.5 Å². The molecular weight excluding hydrogens is 1100 g/mol. The van der Waals surface area contributed by atoms with E-state index in [1.807, 2.05) is 0 Å². The van der Waals surface area contributed by atoms with Gasteiger partial charge in [0.15, 0.2) is 0 Å². The molecule has 0 saturated carbocycles. The Kier molecular flexibility index (Phi) is 17.8. The van der Waals surface area contributed by atoms with Gasteiger partial charge in [0.25, 0.3) is 75.9 Å². The van der Waals surface area contributed by atoms with Gasteiger partial charge >= 0.3 is 0 Å². The van der Waals surface area contributed by atoms with Crippen LogP contribution >= 0.6 is 0 Å². The normalized spacial score (nSPS) is 11.5. The van der Waals surface area contributed by atoms with Gasteiger partial charge in [-0.25, -0.2) is 0 Å². The number of anilines is 6. The number of rotatable bonds is 16. The van der Waals surface area contributed by atoms with E-state index in [1.54, 1.807) is 0 Å². The Balaban J connectivity index is 0.00000961. The quantitative estimate of drug-likeness (QED) is 0.0403. The van der Waals surface area contributed by atoms with Crippen LogP contribution in [0.15, 0.2) is 177 Å². The zero-order valence-corrected chi connectivity index (χ0v) is 44.4. The van der Waals surface area contributed by atoms with Crippen LogP contribution in [-0.4, -0.2) is 117 Å². The number of carbonyl (C=O) groups is 6. The number of hydrogen-bond donors (Lipinski definition) is 10. The Bertz CT molecular complexity index is 3580. The van der Waals surface area contributed by atoms with E-state index in [0.717, 1.165) is 91.0 Å². The van der Waals surface area contributed by atoms with Crippen LogP contribution in [0.25, 0.3) is 0 Å². The molecule has 0 fully saturated rings. The van der Waals surface area contributed by atoms with Crippen molar-refractivity contribution in [1.82, 2.24) is 0 Å². The monoisotopic (exact) mass is 1140 g/mol. The molecule has 0 heterocycles. The van der Waals surface area contributed by atoms with Gasteiger partial charge < -0.3 is 31.9 Å². The second-order valence-electron chi connectivity index (χ2n) is 15.9. The van der Waals surface area contributed by atoms with E-state index in [1.165, 1.54) is 66.7 Å². The third kappa shape index (κ3) is 15.6. The first-order valence-electron chi connectivity index (χ1n) is 21.2. The van der Waals surface area contributed by atoms with Gasteiger partial charge in [-0.05, 0) is 127 Å². The smallest absolute Gasteiger partial charge is 0.294 e. The molecule has 391 valence electrons. The molecule has 10 N–H and O–H groups in total. The van der Waals surface area contributed by atoms with E-state index in [9.17, 15) is 80.6 Å². The second-order valence-corrected chi connectivity index (χ2v) is 21.6. The summed E-state index contributed by atoms with van der Waals surface area (Å²) < 4.78 is 132. The van der Waals surface area contributed by atoms with Crippen molar-refractivity contribution in [2.45, 2.75) is 19.6 Å². The summed E-state index contributed by atoms with van der Waals surface area (Å²) in [5.74, 6) is -5.66. The number of benzene rings is 7. The number of hydrogen-bond acceptors (Lipinski definition) is 14. The summed E-state index contributed by atoms with van der Waals surface area (Å²) in [6.07, 6.45) is 0. The van der Waals surface area contributed by atoms with Gasteiger partial charge in [-0.15, -0.1) is 0 Å². The molecule has 77 heavy (non-hydrogen) atoms. The van der Waals surface area contributed by atoms with E-state index in [2.05, 4.69) is 31.9 Å². The molecule has 0 spiro atoms. The van der Waals surface area contributed by atoms with Crippen LogP contribution in [0.2, 0.25) is 0 Å². The van der Waals surface area contributed by atoms with Gasteiger partial charge in [0, 0.05) is 97.1 Å². The summed E-state index contributed by atoms with van der Waals surface area (Å²) in [5, 5.41) is 14.7. The maximum Gasteiger partial charge on any atom is 0.294 e. The van der Waals surface area contributed by atoms with Crippen molar-refractivity contribution in [3.05, 3.63) is 191 Å². The molecule has 0 saturated heterocycles. The van der Waals surface area contributed by atoms with E-state index in [0.29, 0.717) is 0 Å². The minimum atomic E-state index is -4.70. The average molecular weight is 1140 g/mol. The van der Waals surface area contributed by atoms with Crippen molar-refractivity contribution in [2.75, 3.05) is 31.9 Å². The summed E-state index contributed by atoms with van der Waals surface area (Å²) in [5.41, 5.74) is -2.44. The summed E-state index contributed by atoms with van der Waals surface area (Å²) in [6.45, 7) is 0. The predicted octanol–water partition coefficient (Wildman–Crippen LogP) is 5.81. The molecule has 0 aliphatic rings. The van der Waals surface area contributed by atoms with Crippen LogP contribution in [0.3, 0.4) is 0 Å². The third-order valence-electron chi connectivity index (χ3n) is 10.4. The van der Waals surface area contributed by atoms with E-state index >= 15 is 0 Å². The Labute approximate surface area is 459 Å².